The fourth-order valence-electron chi connectivity index (χ4n) is 1.85. The highest BCUT2D eigenvalue weighted by atomic mass is 32.1. The molecule has 0 fully saturated rings. The minimum absolute atomic E-state index is 0.270. The van der Waals surface area contributed by atoms with Crippen molar-refractivity contribution in [2.75, 3.05) is 5.43 Å². The van der Waals surface area contributed by atoms with E-state index >= 15 is 0 Å². The molecule has 0 saturated heterocycles. The first-order valence-corrected chi connectivity index (χ1v) is 8.87. The maximum Gasteiger partial charge on any atom is 0.271 e. The number of carbonyl (C=O) groups is 1. The standard InChI is InChI=1S/C17H14N4OS2/c22-17(21-19-12-16-7-3-9-24-16)13-4-1-5-14(10-13)20-18-11-15-6-2-8-23-15/h1-12,20H,(H,21,22)/b18-11+,19-12+. The van der Waals surface area contributed by atoms with Gasteiger partial charge >= 0.3 is 0 Å². The molecule has 0 spiro atoms. The Bertz CT molecular complexity index is 839. The molecule has 0 atom stereocenters. The van der Waals surface area contributed by atoms with Gasteiger partial charge < -0.3 is 0 Å². The van der Waals surface area contributed by atoms with Crippen molar-refractivity contribution in [3.8, 4) is 0 Å². The summed E-state index contributed by atoms with van der Waals surface area (Å²) in [6.07, 6.45) is 3.36. The van der Waals surface area contributed by atoms with Crippen molar-refractivity contribution in [2.24, 2.45) is 10.2 Å². The van der Waals surface area contributed by atoms with Crippen LogP contribution in [0.15, 0.2) is 69.5 Å². The van der Waals surface area contributed by atoms with Gasteiger partial charge in [0.2, 0.25) is 0 Å². The lowest BCUT2D eigenvalue weighted by molar-refractivity contribution is 0.0955. The Morgan fingerprint density at radius 2 is 1.62 bits per heavy atom. The van der Waals surface area contributed by atoms with Crippen LogP contribution in [-0.4, -0.2) is 18.3 Å². The molecule has 0 unspecified atom stereocenters. The fraction of sp³-hybridized carbons (Fsp3) is 0. The van der Waals surface area contributed by atoms with Crippen molar-refractivity contribution < 1.29 is 4.79 Å². The molecule has 0 saturated carbocycles. The lowest BCUT2D eigenvalue weighted by Crippen LogP contribution is -2.17. The zero-order valence-corrected chi connectivity index (χ0v) is 14.2. The highest BCUT2D eigenvalue weighted by Gasteiger charge is 2.04. The van der Waals surface area contributed by atoms with Crippen molar-refractivity contribution >= 4 is 46.7 Å². The van der Waals surface area contributed by atoms with E-state index in [4.69, 9.17) is 0 Å². The van der Waals surface area contributed by atoms with E-state index in [0.717, 1.165) is 15.4 Å². The van der Waals surface area contributed by atoms with E-state index < -0.39 is 0 Å². The summed E-state index contributed by atoms with van der Waals surface area (Å²) in [5.41, 5.74) is 6.67. The zero-order valence-electron chi connectivity index (χ0n) is 12.5. The first-order valence-electron chi connectivity index (χ1n) is 7.11. The van der Waals surface area contributed by atoms with Crippen LogP contribution in [-0.2, 0) is 0 Å². The minimum atomic E-state index is -0.270. The summed E-state index contributed by atoms with van der Waals surface area (Å²) in [7, 11) is 0. The lowest BCUT2D eigenvalue weighted by atomic mass is 10.2. The predicted molar refractivity (Wildman–Crippen MR) is 101 cm³/mol. The van der Waals surface area contributed by atoms with Crippen LogP contribution in [0.5, 0.6) is 0 Å². The van der Waals surface area contributed by atoms with Crippen LogP contribution in [0.4, 0.5) is 5.69 Å². The molecule has 3 aromatic rings. The lowest BCUT2D eigenvalue weighted by Gasteiger charge is -2.03. The predicted octanol–water partition coefficient (Wildman–Crippen LogP) is 4.02. The summed E-state index contributed by atoms with van der Waals surface area (Å²) in [5, 5.41) is 12.1. The molecule has 0 bridgehead atoms. The number of benzene rings is 1. The maximum absolute atomic E-state index is 12.1. The molecule has 5 nitrogen and oxygen atoms in total. The fourth-order valence-corrected chi connectivity index (χ4v) is 3.02. The molecule has 0 aliphatic carbocycles. The van der Waals surface area contributed by atoms with E-state index in [2.05, 4.69) is 21.1 Å². The second-order valence-electron chi connectivity index (χ2n) is 4.68. The van der Waals surface area contributed by atoms with Crippen molar-refractivity contribution in [3.05, 3.63) is 74.6 Å². The first-order chi connectivity index (χ1) is 11.8. The van der Waals surface area contributed by atoms with Gasteiger partial charge in [0.05, 0.1) is 18.1 Å². The van der Waals surface area contributed by atoms with Crippen molar-refractivity contribution in [1.29, 1.82) is 0 Å². The van der Waals surface area contributed by atoms with E-state index in [1.54, 1.807) is 53.3 Å². The average Bonchev–Trinajstić information content (AvgIpc) is 3.29. The number of thiophene rings is 2. The highest BCUT2D eigenvalue weighted by Crippen LogP contribution is 2.11. The summed E-state index contributed by atoms with van der Waals surface area (Å²) in [5.74, 6) is -0.270. The van der Waals surface area contributed by atoms with E-state index in [9.17, 15) is 4.79 Å². The molecule has 120 valence electrons. The number of hydrogen-bond acceptors (Lipinski definition) is 6. The van der Waals surface area contributed by atoms with Crippen molar-refractivity contribution in [2.45, 2.75) is 0 Å². The van der Waals surface area contributed by atoms with Crippen LogP contribution in [0.25, 0.3) is 0 Å². The summed E-state index contributed by atoms with van der Waals surface area (Å²) in [6, 6.07) is 14.9. The topological polar surface area (TPSA) is 65.8 Å². The van der Waals surface area contributed by atoms with Crippen LogP contribution >= 0.6 is 22.7 Å². The molecule has 2 heterocycles. The van der Waals surface area contributed by atoms with Gasteiger partial charge in [-0.25, -0.2) is 5.43 Å². The average molecular weight is 354 g/mol. The second-order valence-corrected chi connectivity index (χ2v) is 6.64. The third kappa shape index (κ3) is 4.61. The van der Waals surface area contributed by atoms with Gasteiger partial charge in [-0.3, -0.25) is 10.2 Å². The number of nitrogens with zero attached hydrogens (tertiary/aromatic N) is 2. The molecular weight excluding hydrogens is 340 g/mol. The van der Waals surface area contributed by atoms with Gasteiger partial charge in [-0.1, -0.05) is 18.2 Å². The Kier molecular flexibility index (Phi) is 5.49. The van der Waals surface area contributed by atoms with E-state index in [1.807, 2.05) is 41.1 Å². The third-order valence-electron chi connectivity index (χ3n) is 2.95. The van der Waals surface area contributed by atoms with Crippen molar-refractivity contribution in [1.82, 2.24) is 5.43 Å². The van der Waals surface area contributed by atoms with Gasteiger partial charge in [0.25, 0.3) is 5.91 Å². The number of nitrogens with one attached hydrogen (secondary N) is 2. The van der Waals surface area contributed by atoms with Gasteiger partial charge in [0, 0.05) is 15.3 Å². The first kappa shape index (κ1) is 16.1. The zero-order chi connectivity index (χ0) is 16.6. The molecule has 2 N–H and O–H groups in total. The normalized spacial score (nSPS) is 11.2. The minimum Gasteiger partial charge on any atom is -0.278 e. The van der Waals surface area contributed by atoms with Gasteiger partial charge in [0.15, 0.2) is 0 Å². The molecule has 3 rings (SSSR count). The van der Waals surface area contributed by atoms with Crippen LogP contribution in [0, 0.1) is 0 Å². The summed E-state index contributed by atoms with van der Waals surface area (Å²) >= 11 is 3.16. The molecule has 24 heavy (non-hydrogen) atoms. The number of hydrazone groups is 2. The highest BCUT2D eigenvalue weighted by molar-refractivity contribution is 7.12. The molecule has 2 aromatic heterocycles. The summed E-state index contributed by atoms with van der Waals surface area (Å²) in [6.45, 7) is 0. The van der Waals surface area contributed by atoms with Crippen molar-refractivity contribution in [3.63, 3.8) is 0 Å². The molecule has 1 amide bonds. The number of carbonyl (C=O) groups excluding carboxylic acids is 1. The SMILES string of the molecule is O=C(N/N=C/c1cccs1)c1cccc(N/N=C/c2cccs2)c1. The molecule has 7 heteroatoms. The Balaban J connectivity index is 1.58. The number of hydrogen-bond donors (Lipinski definition) is 2. The van der Waals surface area contributed by atoms with Crippen LogP contribution in [0.3, 0.4) is 0 Å². The second kappa shape index (κ2) is 8.19. The monoisotopic (exact) mass is 354 g/mol. The van der Waals surface area contributed by atoms with Gasteiger partial charge in [-0.05, 0) is 41.1 Å². The van der Waals surface area contributed by atoms with E-state index in [-0.39, 0.29) is 5.91 Å². The molecule has 1 aromatic carbocycles. The largest absolute Gasteiger partial charge is 0.278 e. The van der Waals surface area contributed by atoms with Crippen LogP contribution in [0.1, 0.15) is 20.1 Å². The van der Waals surface area contributed by atoms with Crippen LogP contribution in [0.2, 0.25) is 0 Å². The number of anilines is 1. The Morgan fingerprint density at radius 3 is 2.29 bits per heavy atom. The molecule has 0 aliphatic heterocycles. The third-order valence-corrected chi connectivity index (χ3v) is 4.57. The Morgan fingerprint density at radius 1 is 0.917 bits per heavy atom. The summed E-state index contributed by atoms with van der Waals surface area (Å²) < 4.78 is 0. The quantitative estimate of drug-likeness (QED) is 0.519. The van der Waals surface area contributed by atoms with Gasteiger partial charge in [-0.15, -0.1) is 22.7 Å². The van der Waals surface area contributed by atoms with Gasteiger partial charge in [-0.2, -0.15) is 10.2 Å². The Labute approximate surface area is 147 Å². The Hall–Kier alpha value is -2.77. The smallest absolute Gasteiger partial charge is 0.271 e. The number of rotatable bonds is 6. The molecule has 0 radical (unpaired) electrons. The van der Waals surface area contributed by atoms with E-state index in [1.165, 1.54) is 0 Å². The molecule has 0 aliphatic rings. The van der Waals surface area contributed by atoms with E-state index in [0.29, 0.717) is 5.56 Å². The van der Waals surface area contributed by atoms with Gasteiger partial charge in [0.1, 0.15) is 0 Å². The molecular formula is C17H14N4OS2. The van der Waals surface area contributed by atoms with Crippen LogP contribution < -0.4 is 10.9 Å². The maximum atomic E-state index is 12.1. The summed E-state index contributed by atoms with van der Waals surface area (Å²) in [4.78, 5) is 14.1. The number of amides is 1.